The molecule has 1 N–H and O–H groups in total. The van der Waals surface area contributed by atoms with Gasteiger partial charge >= 0.3 is 0 Å². The number of likely N-dealkylation sites (tertiary alicyclic amines) is 1. The van der Waals surface area contributed by atoms with E-state index in [0.29, 0.717) is 44.8 Å². The van der Waals surface area contributed by atoms with Crippen molar-refractivity contribution in [1.82, 2.24) is 14.2 Å². The van der Waals surface area contributed by atoms with Crippen molar-refractivity contribution in [3.63, 3.8) is 0 Å². The highest BCUT2D eigenvalue weighted by Gasteiger charge is 2.26. The minimum Gasteiger partial charge on any atom is -0.494 e. The van der Waals surface area contributed by atoms with Crippen molar-refractivity contribution in [3.8, 4) is 5.75 Å². The summed E-state index contributed by atoms with van der Waals surface area (Å²) in [5, 5.41) is 0. The number of aromatic nitrogens is 1. The van der Waals surface area contributed by atoms with Crippen molar-refractivity contribution < 1.29 is 17.9 Å². The maximum absolute atomic E-state index is 12.7. The quantitative estimate of drug-likeness (QED) is 0.668. The first kappa shape index (κ1) is 23.0. The Morgan fingerprint density at radius 1 is 1.16 bits per heavy atom. The van der Waals surface area contributed by atoms with E-state index in [-0.39, 0.29) is 27.8 Å². The van der Waals surface area contributed by atoms with E-state index in [1.165, 1.54) is 16.7 Å². The number of piperidine rings is 1. The van der Waals surface area contributed by atoms with Crippen LogP contribution in [0, 0.1) is 5.92 Å². The third kappa shape index (κ3) is 5.74. The number of sulfonamides is 1. The Bertz CT molecular complexity index is 1060. The fraction of sp³-hybridized carbons (Fsp3) is 0.455. The Kier molecular flexibility index (Phi) is 7.50. The van der Waals surface area contributed by atoms with Gasteiger partial charge < -0.3 is 14.2 Å². The smallest absolute Gasteiger partial charge is 0.263 e. The number of carbonyl (C=O) groups excluding carboxylic acids is 1. The molecule has 0 saturated carbocycles. The monoisotopic (exact) mass is 447 g/mol. The van der Waals surface area contributed by atoms with Crippen LogP contribution in [0.25, 0.3) is 0 Å². The molecular formula is C22H29N3O5S. The second-order valence-corrected chi connectivity index (χ2v) is 9.51. The van der Waals surface area contributed by atoms with Crippen LogP contribution in [0.1, 0.15) is 36.5 Å². The maximum atomic E-state index is 12.7. The predicted octanol–water partition coefficient (Wildman–Crippen LogP) is 2.00. The molecule has 0 bridgehead atoms. The van der Waals surface area contributed by atoms with Crippen LogP contribution in [0.2, 0.25) is 0 Å². The van der Waals surface area contributed by atoms with Crippen LogP contribution in [0.3, 0.4) is 0 Å². The second kappa shape index (κ2) is 10.1. The number of rotatable bonds is 8. The molecule has 2 aromatic rings. The molecule has 1 saturated heterocycles. The molecule has 0 atom stereocenters. The molecule has 1 aromatic heterocycles. The summed E-state index contributed by atoms with van der Waals surface area (Å²) in [5.74, 6) is 0.501. The Labute approximate surface area is 182 Å². The standard InChI is InChI=1S/C22H29N3O5S/c1-3-15-30-18-6-8-19(9-7-18)31(28,29)23-16-17-10-13-25(14-11-17)22(27)20-5-4-12-24(2)21(20)26/h4-9,12,17,23H,3,10-11,13-16H2,1-2H3. The van der Waals surface area contributed by atoms with E-state index in [9.17, 15) is 18.0 Å². The highest BCUT2D eigenvalue weighted by atomic mass is 32.2. The summed E-state index contributed by atoms with van der Waals surface area (Å²) < 4.78 is 34.7. The van der Waals surface area contributed by atoms with E-state index in [2.05, 4.69) is 4.72 Å². The largest absolute Gasteiger partial charge is 0.494 e. The van der Waals surface area contributed by atoms with Gasteiger partial charge in [0.1, 0.15) is 11.3 Å². The summed E-state index contributed by atoms with van der Waals surface area (Å²) >= 11 is 0. The van der Waals surface area contributed by atoms with E-state index in [0.717, 1.165) is 6.42 Å². The molecule has 0 unspecified atom stereocenters. The van der Waals surface area contributed by atoms with E-state index in [4.69, 9.17) is 4.74 Å². The van der Waals surface area contributed by atoms with E-state index < -0.39 is 10.0 Å². The predicted molar refractivity (Wildman–Crippen MR) is 118 cm³/mol. The molecular weight excluding hydrogens is 418 g/mol. The van der Waals surface area contributed by atoms with Gasteiger partial charge in [-0.1, -0.05) is 6.92 Å². The summed E-state index contributed by atoms with van der Waals surface area (Å²) in [6.45, 7) is 3.89. The van der Waals surface area contributed by atoms with Crippen LogP contribution in [0.5, 0.6) is 5.75 Å². The molecule has 3 rings (SSSR count). The van der Waals surface area contributed by atoms with Gasteiger partial charge in [-0.05, 0) is 61.6 Å². The number of hydrogen-bond acceptors (Lipinski definition) is 5. The Morgan fingerprint density at radius 3 is 2.48 bits per heavy atom. The fourth-order valence-electron chi connectivity index (χ4n) is 3.52. The average Bonchev–Trinajstić information content (AvgIpc) is 2.78. The third-order valence-corrected chi connectivity index (χ3v) is 6.86. The van der Waals surface area contributed by atoms with Crippen molar-refractivity contribution in [2.75, 3.05) is 26.2 Å². The first-order valence-electron chi connectivity index (χ1n) is 10.5. The zero-order valence-corrected chi connectivity index (χ0v) is 18.7. The van der Waals surface area contributed by atoms with Crippen molar-refractivity contribution in [2.45, 2.75) is 31.1 Å². The normalized spacial score (nSPS) is 15.1. The van der Waals surface area contributed by atoms with E-state index >= 15 is 0 Å². The molecule has 0 spiro atoms. The summed E-state index contributed by atoms with van der Waals surface area (Å²) in [6, 6.07) is 9.61. The molecule has 31 heavy (non-hydrogen) atoms. The second-order valence-electron chi connectivity index (χ2n) is 7.75. The van der Waals surface area contributed by atoms with Gasteiger partial charge in [-0.2, -0.15) is 0 Å². The van der Waals surface area contributed by atoms with Gasteiger partial charge in [-0.15, -0.1) is 0 Å². The fourth-order valence-corrected chi connectivity index (χ4v) is 4.63. The summed E-state index contributed by atoms with van der Waals surface area (Å²) in [4.78, 5) is 26.7. The molecule has 1 aliphatic heterocycles. The van der Waals surface area contributed by atoms with Crippen molar-refractivity contribution in [1.29, 1.82) is 0 Å². The molecule has 8 nitrogen and oxygen atoms in total. The lowest BCUT2D eigenvalue weighted by Crippen LogP contribution is -2.43. The molecule has 1 aliphatic rings. The zero-order valence-electron chi connectivity index (χ0n) is 17.9. The molecule has 1 aromatic carbocycles. The molecule has 168 valence electrons. The van der Waals surface area contributed by atoms with Gasteiger partial charge in [0, 0.05) is 32.9 Å². The maximum Gasteiger partial charge on any atom is 0.263 e. The highest BCUT2D eigenvalue weighted by molar-refractivity contribution is 7.89. The van der Waals surface area contributed by atoms with Crippen LogP contribution >= 0.6 is 0 Å². The van der Waals surface area contributed by atoms with Gasteiger partial charge in [0.15, 0.2) is 0 Å². The van der Waals surface area contributed by atoms with Crippen LogP contribution < -0.4 is 15.0 Å². The van der Waals surface area contributed by atoms with Gasteiger partial charge in [-0.3, -0.25) is 9.59 Å². The van der Waals surface area contributed by atoms with Gasteiger partial charge in [-0.25, -0.2) is 13.1 Å². The first-order chi connectivity index (χ1) is 14.8. The van der Waals surface area contributed by atoms with Gasteiger partial charge in [0.25, 0.3) is 11.5 Å². The number of hydrogen-bond donors (Lipinski definition) is 1. The SMILES string of the molecule is CCCOc1ccc(S(=O)(=O)NCC2CCN(C(=O)c3cccn(C)c3=O)CC2)cc1. The Morgan fingerprint density at radius 2 is 1.84 bits per heavy atom. The zero-order chi connectivity index (χ0) is 22.4. The Hall–Kier alpha value is -2.65. The van der Waals surface area contributed by atoms with E-state index in [1.807, 2.05) is 6.92 Å². The Balaban J connectivity index is 1.52. The van der Waals surface area contributed by atoms with Crippen LogP contribution in [-0.2, 0) is 17.1 Å². The third-order valence-electron chi connectivity index (χ3n) is 5.42. The van der Waals surface area contributed by atoms with Gasteiger partial charge in [0.05, 0.1) is 11.5 Å². The molecule has 1 amide bonds. The highest BCUT2D eigenvalue weighted by Crippen LogP contribution is 2.20. The summed E-state index contributed by atoms with van der Waals surface area (Å²) in [5.41, 5.74) is -0.149. The lowest BCUT2D eigenvalue weighted by molar-refractivity contribution is 0.0689. The summed E-state index contributed by atoms with van der Waals surface area (Å²) in [6.07, 6.45) is 3.84. The van der Waals surface area contributed by atoms with Crippen LogP contribution in [0.15, 0.2) is 52.3 Å². The van der Waals surface area contributed by atoms with Crippen LogP contribution in [-0.4, -0.2) is 50.0 Å². The average molecular weight is 448 g/mol. The topological polar surface area (TPSA) is 97.7 Å². The molecule has 9 heteroatoms. The number of benzene rings is 1. The number of nitrogens with zero attached hydrogens (tertiary/aromatic N) is 2. The number of aryl methyl sites for hydroxylation is 1. The first-order valence-corrected chi connectivity index (χ1v) is 12.0. The molecule has 2 heterocycles. The lowest BCUT2D eigenvalue weighted by atomic mass is 9.97. The van der Waals surface area contributed by atoms with Crippen molar-refractivity contribution >= 4 is 15.9 Å². The number of pyridine rings is 1. The van der Waals surface area contributed by atoms with Crippen molar-refractivity contribution in [3.05, 3.63) is 58.5 Å². The minimum atomic E-state index is -3.61. The number of nitrogens with one attached hydrogen (secondary N) is 1. The van der Waals surface area contributed by atoms with Crippen molar-refractivity contribution in [2.24, 2.45) is 13.0 Å². The lowest BCUT2D eigenvalue weighted by Gasteiger charge is -2.32. The number of ether oxygens (including phenoxy) is 1. The number of amides is 1. The van der Waals surface area contributed by atoms with Gasteiger partial charge in [0.2, 0.25) is 10.0 Å². The molecule has 1 fully saturated rings. The summed E-state index contributed by atoms with van der Waals surface area (Å²) in [7, 11) is -2.00. The molecule has 0 radical (unpaired) electrons. The minimum absolute atomic E-state index is 0.129. The van der Waals surface area contributed by atoms with E-state index in [1.54, 1.807) is 42.4 Å². The molecule has 0 aliphatic carbocycles. The number of carbonyl (C=O) groups is 1. The van der Waals surface area contributed by atoms with Crippen LogP contribution in [0.4, 0.5) is 0 Å².